The van der Waals surface area contributed by atoms with E-state index >= 15 is 0 Å². The number of ether oxygens (including phenoxy) is 1. The van der Waals surface area contributed by atoms with Gasteiger partial charge in [0.2, 0.25) is 5.95 Å². The number of hydrogen-bond donors (Lipinski definition) is 1. The lowest BCUT2D eigenvalue weighted by atomic mass is 9.73. The summed E-state index contributed by atoms with van der Waals surface area (Å²) in [6.07, 6.45) is 3.05. The maximum atomic E-state index is 5.70. The van der Waals surface area contributed by atoms with Crippen LogP contribution in [0.5, 0.6) is 0 Å². The van der Waals surface area contributed by atoms with Gasteiger partial charge in [0, 0.05) is 50.0 Å². The minimum absolute atomic E-state index is 0.0204. The highest BCUT2D eigenvalue weighted by molar-refractivity contribution is 5.53. The van der Waals surface area contributed by atoms with E-state index in [1.54, 1.807) is 0 Å². The molecule has 34 heavy (non-hydrogen) atoms. The number of hydrogen-bond acceptors (Lipinski definition) is 6. The molecule has 6 heteroatoms. The summed E-state index contributed by atoms with van der Waals surface area (Å²) < 4.78 is 5.70. The fourth-order valence-corrected chi connectivity index (χ4v) is 5.94. The standard InChI is InChI=1S/C28H31N5O/c1-20-2-4-22(5-3-20)28(18-34-19-28)23-6-8-24(9-7-23)32-11-10-21-12-30-26(31-25(21)13-32)33-16-27(17-33)14-29-15-27/h2-9,12,29H,10-11,13-19H2,1H3. The van der Waals surface area contributed by atoms with Crippen molar-refractivity contribution in [2.75, 3.05) is 55.7 Å². The first-order valence-corrected chi connectivity index (χ1v) is 12.4. The smallest absolute Gasteiger partial charge is 0.225 e. The molecule has 1 N–H and O–H groups in total. The van der Waals surface area contributed by atoms with Gasteiger partial charge in [0.05, 0.1) is 30.9 Å². The average molecular weight is 454 g/mol. The molecule has 3 fully saturated rings. The van der Waals surface area contributed by atoms with Crippen molar-refractivity contribution in [1.29, 1.82) is 0 Å². The van der Waals surface area contributed by atoms with Crippen LogP contribution in [0.2, 0.25) is 0 Å². The summed E-state index contributed by atoms with van der Waals surface area (Å²) in [5, 5.41) is 3.40. The van der Waals surface area contributed by atoms with Crippen LogP contribution in [0, 0.1) is 12.3 Å². The Balaban J connectivity index is 1.09. The van der Waals surface area contributed by atoms with Gasteiger partial charge in [-0.15, -0.1) is 0 Å². The number of aromatic nitrogens is 2. The van der Waals surface area contributed by atoms with Gasteiger partial charge in [-0.25, -0.2) is 9.97 Å². The van der Waals surface area contributed by atoms with E-state index in [0.717, 1.165) is 64.9 Å². The molecule has 1 aromatic heterocycles. The van der Waals surface area contributed by atoms with E-state index in [2.05, 4.69) is 81.8 Å². The second-order valence-corrected chi connectivity index (χ2v) is 10.8. The van der Waals surface area contributed by atoms with Crippen LogP contribution in [-0.2, 0) is 23.1 Å². The Kier molecular flexibility index (Phi) is 4.52. The van der Waals surface area contributed by atoms with Crippen molar-refractivity contribution < 1.29 is 4.74 Å². The van der Waals surface area contributed by atoms with Crippen LogP contribution in [0.15, 0.2) is 54.7 Å². The molecule has 1 spiro atoms. The summed E-state index contributed by atoms with van der Waals surface area (Å²) in [6, 6.07) is 18.1. The molecule has 4 aliphatic heterocycles. The van der Waals surface area contributed by atoms with Gasteiger partial charge in [0.15, 0.2) is 0 Å². The second-order valence-electron chi connectivity index (χ2n) is 10.8. The molecule has 0 atom stereocenters. The molecule has 0 amide bonds. The van der Waals surface area contributed by atoms with E-state index in [1.807, 2.05) is 0 Å². The normalized spacial score (nSPS) is 21.9. The third-order valence-corrected chi connectivity index (χ3v) is 8.35. The zero-order valence-electron chi connectivity index (χ0n) is 19.8. The summed E-state index contributed by atoms with van der Waals surface area (Å²) in [4.78, 5) is 14.5. The first-order chi connectivity index (χ1) is 16.6. The lowest BCUT2D eigenvalue weighted by Crippen LogP contribution is -2.71. The van der Waals surface area contributed by atoms with Gasteiger partial charge >= 0.3 is 0 Å². The third-order valence-electron chi connectivity index (χ3n) is 8.35. The van der Waals surface area contributed by atoms with Crippen LogP contribution in [-0.4, -0.2) is 55.9 Å². The van der Waals surface area contributed by atoms with Crippen molar-refractivity contribution in [3.63, 3.8) is 0 Å². The Morgan fingerprint density at radius 1 is 0.912 bits per heavy atom. The van der Waals surface area contributed by atoms with Crippen LogP contribution >= 0.6 is 0 Å². The Labute approximate surface area is 201 Å². The molecule has 3 aromatic rings. The van der Waals surface area contributed by atoms with Crippen molar-refractivity contribution >= 4 is 11.6 Å². The first kappa shape index (κ1) is 20.4. The molecular weight excluding hydrogens is 422 g/mol. The number of anilines is 2. The SMILES string of the molecule is Cc1ccc(C2(c3ccc(N4CCc5cnc(N6CC7(CNC7)C6)nc5C4)cc3)COC2)cc1. The van der Waals surface area contributed by atoms with E-state index in [4.69, 9.17) is 9.72 Å². The molecule has 3 saturated heterocycles. The molecular formula is C28H31N5O. The fourth-order valence-electron chi connectivity index (χ4n) is 5.94. The molecule has 0 unspecified atom stereocenters. The van der Waals surface area contributed by atoms with E-state index in [9.17, 15) is 0 Å². The molecule has 0 aliphatic carbocycles. The summed E-state index contributed by atoms with van der Waals surface area (Å²) in [6.45, 7) is 9.91. The highest BCUT2D eigenvalue weighted by atomic mass is 16.5. The van der Waals surface area contributed by atoms with Crippen molar-refractivity contribution in [3.05, 3.63) is 82.7 Å². The molecule has 7 rings (SSSR count). The maximum absolute atomic E-state index is 5.70. The fraction of sp³-hybridized carbons (Fsp3) is 0.429. The summed E-state index contributed by atoms with van der Waals surface area (Å²) in [5.41, 5.74) is 8.17. The van der Waals surface area contributed by atoms with E-state index in [0.29, 0.717) is 5.41 Å². The van der Waals surface area contributed by atoms with Gasteiger partial charge in [-0.1, -0.05) is 42.0 Å². The number of fused-ring (bicyclic) bond motifs is 1. The summed E-state index contributed by atoms with van der Waals surface area (Å²) in [5.74, 6) is 0.901. The molecule has 0 saturated carbocycles. The van der Waals surface area contributed by atoms with Gasteiger partial charge < -0.3 is 19.9 Å². The number of rotatable bonds is 4. The van der Waals surface area contributed by atoms with Gasteiger partial charge in [0.25, 0.3) is 0 Å². The summed E-state index contributed by atoms with van der Waals surface area (Å²) in [7, 11) is 0. The average Bonchev–Trinajstić information content (AvgIpc) is 2.78. The maximum Gasteiger partial charge on any atom is 0.225 e. The monoisotopic (exact) mass is 453 g/mol. The predicted octanol–water partition coefficient (Wildman–Crippen LogP) is 3.07. The van der Waals surface area contributed by atoms with E-state index in [-0.39, 0.29) is 5.41 Å². The van der Waals surface area contributed by atoms with Crippen LogP contribution < -0.4 is 15.1 Å². The third kappa shape index (κ3) is 3.16. The zero-order valence-corrected chi connectivity index (χ0v) is 19.8. The number of nitrogens with zero attached hydrogens (tertiary/aromatic N) is 4. The Bertz CT molecular complexity index is 1210. The van der Waals surface area contributed by atoms with Gasteiger partial charge in [-0.3, -0.25) is 0 Å². The quantitative estimate of drug-likeness (QED) is 0.655. The van der Waals surface area contributed by atoms with Crippen molar-refractivity contribution in [2.45, 2.75) is 25.3 Å². The van der Waals surface area contributed by atoms with Gasteiger partial charge in [0.1, 0.15) is 0 Å². The Morgan fingerprint density at radius 2 is 1.62 bits per heavy atom. The molecule has 6 nitrogen and oxygen atoms in total. The summed E-state index contributed by atoms with van der Waals surface area (Å²) >= 11 is 0. The predicted molar refractivity (Wildman–Crippen MR) is 134 cm³/mol. The second kappa shape index (κ2) is 7.52. The van der Waals surface area contributed by atoms with Crippen LogP contribution in [0.4, 0.5) is 11.6 Å². The number of nitrogens with one attached hydrogen (secondary N) is 1. The molecule has 0 bridgehead atoms. The molecule has 4 aliphatic rings. The minimum Gasteiger partial charge on any atom is -0.379 e. The lowest BCUT2D eigenvalue weighted by molar-refractivity contribution is -0.0379. The zero-order chi connectivity index (χ0) is 22.8. The van der Waals surface area contributed by atoms with Crippen molar-refractivity contribution in [1.82, 2.24) is 15.3 Å². The molecule has 0 radical (unpaired) electrons. The van der Waals surface area contributed by atoms with Gasteiger partial charge in [-0.05, 0) is 42.2 Å². The van der Waals surface area contributed by atoms with Crippen molar-refractivity contribution in [2.24, 2.45) is 5.41 Å². The largest absolute Gasteiger partial charge is 0.379 e. The highest BCUT2D eigenvalue weighted by Gasteiger charge is 2.48. The topological polar surface area (TPSA) is 53.5 Å². The van der Waals surface area contributed by atoms with Crippen LogP contribution in [0.25, 0.3) is 0 Å². The minimum atomic E-state index is -0.0204. The first-order valence-electron chi connectivity index (χ1n) is 12.4. The van der Waals surface area contributed by atoms with E-state index in [1.165, 1.54) is 33.6 Å². The number of benzene rings is 2. The lowest BCUT2D eigenvalue weighted by Gasteiger charge is -2.56. The van der Waals surface area contributed by atoms with Gasteiger partial charge in [-0.2, -0.15) is 0 Å². The Hall–Kier alpha value is -2.96. The molecule has 174 valence electrons. The Morgan fingerprint density at radius 3 is 2.24 bits per heavy atom. The number of aryl methyl sites for hydroxylation is 1. The van der Waals surface area contributed by atoms with E-state index < -0.39 is 0 Å². The van der Waals surface area contributed by atoms with Crippen molar-refractivity contribution in [3.8, 4) is 0 Å². The molecule has 5 heterocycles. The van der Waals surface area contributed by atoms with Crippen LogP contribution in [0.1, 0.15) is 27.9 Å². The highest BCUT2D eigenvalue weighted by Crippen LogP contribution is 2.40. The van der Waals surface area contributed by atoms with Crippen LogP contribution in [0.3, 0.4) is 0 Å². The molecule has 2 aromatic carbocycles.